The zero-order valence-corrected chi connectivity index (χ0v) is 38.7. The van der Waals surface area contributed by atoms with Crippen LogP contribution in [0.3, 0.4) is 0 Å². The molecule has 16 atom stereocenters. The van der Waals surface area contributed by atoms with Crippen LogP contribution in [-0.4, -0.2) is 239 Å². The molecule has 4 aliphatic rings. The summed E-state index contributed by atoms with van der Waals surface area (Å²) >= 11 is 0. The van der Waals surface area contributed by atoms with Crippen molar-refractivity contribution in [3.05, 3.63) is 92.0 Å². The van der Waals surface area contributed by atoms with E-state index >= 15 is 0 Å². The fourth-order valence-electron chi connectivity index (χ4n) is 8.64. The molecule has 16 N–H and O–H groups in total. The number of hydrogen-bond donors (Lipinski definition) is 16. The summed E-state index contributed by atoms with van der Waals surface area (Å²) in [5.74, 6) is 0. The Morgan fingerprint density at radius 2 is 0.539 bits per heavy atom. The molecule has 12 rings (SSSR count). The van der Waals surface area contributed by atoms with E-state index in [1.54, 1.807) is 0 Å². The molecule has 36 nitrogen and oxygen atoms in total. The van der Waals surface area contributed by atoms with Gasteiger partial charge in [-0.15, -0.1) is 0 Å². The first kappa shape index (κ1) is 53.6. The lowest BCUT2D eigenvalue weighted by atomic mass is 10.1. The molecule has 0 radical (unpaired) electrons. The summed E-state index contributed by atoms with van der Waals surface area (Å²) < 4.78 is 26.8. The van der Waals surface area contributed by atoms with Crippen molar-refractivity contribution in [1.82, 2.24) is 78.1 Å². The van der Waals surface area contributed by atoms with E-state index in [4.69, 9.17) is 39.4 Å². The maximum absolute atomic E-state index is 11.5. The largest absolute Gasteiger partial charge is 0.394 e. The maximum atomic E-state index is 11.5. The molecule has 0 saturated carbocycles. The van der Waals surface area contributed by atoms with Crippen molar-refractivity contribution in [2.24, 2.45) is 0 Å². The summed E-state index contributed by atoms with van der Waals surface area (Å²) in [6.07, 6.45) is -7.14. The zero-order valence-electron chi connectivity index (χ0n) is 38.7. The van der Waals surface area contributed by atoms with Crippen molar-refractivity contribution < 1.29 is 80.2 Å². The van der Waals surface area contributed by atoms with Crippen molar-refractivity contribution in [3.63, 3.8) is 0 Å². The van der Waals surface area contributed by atoms with Gasteiger partial charge in [-0.1, -0.05) is 0 Å². The first-order valence-corrected chi connectivity index (χ1v) is 22.6. The minimum absolute atomic E-state index is 0.111. The van der Waals surface area contributed by atoms with Crippen LogP contribution in [0, 0.1) is 0 Å². The number of nitrogens with one attached hydrogen (secondary N) is 4. The highest BCUT2D eigenvalue weighted by molar-refractivity contribution is 5.71. The third kappa shape index (κ3) is 9.67. The van der Waals surface area contributed by atoms with Crippen LogP contribution >= 0.6 is 0 Å². The summed E-state index contributed by atoms with van der Waals surface area (Å²) in [5, 5.41) is 115. The van der Waals surface area contributed by atoms with E-state index in [0.29, 0.717) is 0 Å². The monoisotopic (exact) mass is 1070 g/mol. The number of nitrogens with zero attached hydrogens (tertiary/aromatic N) is 12. The van der Waals surface area contributed by atoms with Crippen molar-refractivity contribution in [2.45, 2.75) is 98.2 Å². The minimum atomic E-state index is -1.24. The van der Waals surface area contributed by atoms with Crippen LogP contribution in [0.5, 0.6) is 0 Å². The predicted molar refractivity (Wildman–Crippen MR) is 245 cm³/mol. The van der Waals surface area contributed by atoms with Crippen molar-refractivity contribution in [3.8, 4) is 0 Å². The minimum Gasteiger partial charge on any atom is -0.394 e. The van der Waals surface area contributed by atoms with E-state index in [-0.39, 0.29) is 44.7 Å². The number of hydrogen-bond acceptors (Lipinski definition) is 28. The van der Waals surface area contributed by atoms with Gasteiger partial charge in [0, 0.05) is 0 Å². The molecule has 0 unspecified atom stereocenters. The summed E-state index contributed by atoms with van der Waals surface area (Å²) in [6, 6.07) is 0. The summed E-state index contributed by atoms with van der Waals surface area (Å²) in [6.45, 7) is -1.69. The third-order valence-electron chi connectivity index (χ3n) is 12.6. The maximum Gasteiger partial charge on any atom is 0.278 e. The molecule has 0 amide bonds. The van der Waals surface area contributed by atoms with Gasteiger partial charge in [0.2, 0.25) is 0 Å². The molecular weight excluding hydrogens is 1020 g/mol. The predicted octanol–water partition coefficient (Wildman–Crippen LogP) is -9.08. The van der Waals surface area contributed by atoms with Gasteiger partial charge in [-0.3, -0.25) is 37.4 Å². The van der Waals surface area contributed by atoms with Gasteiger partial charge in [-0.05, 0) is 0 Å². The number of ether oxygens (including phenoxy) is 4. The van der Waals surface area contributed by atoms with E-state index in [2.05, 4.69) is 59.8 Å². The molecule has 0 aromatic carbocycles. The number of aromatic amines is 4. The van der Waals surface area contributed by atoms with Gasteiger partial charge in [0.15, 0.2) is 69.6 Å². The van der Waals surface area contributed by atoms with Crippen LogP contribution < -0.4 is 22.2 Å². The van der Waals surface area contributed by atoms with Crippen molar-refractivity contribution in [1.29, 1.82) is 0 Å². The molecule has 4 fully saturated rings. The van der Waals surface area contributed by atoms with Crippen LogP contribution in [0.2, 0.25) is 0 Å². The van der Waals surface area contributed by atoms with E-state index in [1.807, 2.05) is 0 Å². The topological polar surface area (TPSA) is 534 Å². The molecule has 12 heterocycles. The van der Waals surface area contributed by atoms with Crippen LogP contribution in [0.15, 0.2) is 69.8 Å². The molecule has 4 aliphatic heterocycles. The lowest BCUT2D eigenvalue weighted by Crippen LogP contribution is -2.33. The molecule has 0 spiro atoms. The summed E-state index contributed by atoms with van der Waals surface area (Å²) in [7, 11) is 0. The molecule has 408 valence electrons. The Hall–Kier alpha value is -7.24. The van der Waals surface area contributed by atoms with Gasteiger partial charge >= 0.3 is 0 Å². The third-order valence-corrected chi connectivity index (χ3v) is 12.6. The summed E-state index contributed by atoms with van der Waals surface area (Å²) in [4.78, 5) is 87.0. The first-order chi connectivity index (χ1) is 36.5. The van der Waals surface area contributed by atoms with Gasteiger partial charge in [0.25, 0.3) is 22.2 Å². The van der Waals surface area contributed by atoms with Gasteiger partial charge in [-0.2, -0.15) is 0 Å². The van der Waals surface area contributed by atoms with Crippen molar-refractivity contribution >= 4 is 44.7 Å². The fraction of sp³-hybridized carbons (Fsp3) is 0.500. The standard InChI is InChI=1S/4C10H12N4O5/c4*15-1-4-6(16)7(17)10(19-4)14-3-13-5-8(14)11-2-12-9(5)18/h4*2-4,6-7,10,15-17H,1H2,(H,11,12,18)/t4*4-,6-,7-,10-/m1111/s1. The lowest BCUT2D eigenvalue weighted by Gasteiger charge is -2.16. The average Bonchev–Trinajstić information content (AvgIpc) is 4.35. The molecule has 76 heavy (non-hydrogen) atoms. The lowest BCUT2D eigenvalue weighted by molar-refractivity contribution is -0.0511. The SMILES string of the molecule is O=c1[nH]cnc2c1ncn2[C@@H]1O[C@H](CO)[C@@H](O)[C@H]1O.O=c1[nH]cnc2c1ncn2[C@@H]1O[C@H](CO)[C@@H](O)[C@H]1O.O=c1[nH]cnc2c1ncn2[C@@H]1O[C@H](CO)[C@@H](O)[C@H]1O.O=c1[nH]cnc2c1ncn2[C@@H]1O[C@H](CO)[C@@H](O)[C@H]1O. The normalized spacial score (nSPS) is 31.1. The van der Waals surface area contributed by atoms with Crippen molar-refractivity contribution in [2.75, 3.05) is 26.4 Å². The molecule has 36 heteroatoms. The van der Waals surface area contributed by atoms with Gasteiger partial charge in [-0.25, -0.2) is 39.9 Å². The average molecular weight is 1070 g/mol. The van der Waals surface area contributed by atoms with Crippen LogP contribution in [0.25, 0.3) is 44.7 Å². The number of H-pyrrole nitrogens is 4. The second kappa shape index (κ2) is 22.2. The summed E-state index contributed by atoms with van der Waals surface area (Å²) in [5.41, 5.74) is -0.243. The smallest absolute Gasteiger partial charge is 0.278 e. The van der Waals surface area contributed by atoms with E-state index in [1.165, 1.54) is 68.9 Å². The Kier molecular flexibility index (Phi) is 15.6. The number of aromatic nitrogens is 16. The highest BCUT2D eigenvalue weighted by Crippen LogP contribution is 2.34. The highest BCUT2D eigenvalue weighted by atomic mass is 16.6. The second-order valence-corrected chi connectivity index (χ2v) is 17.1. The second-order valence-electron chi connectivity index (χ2n) is 17.1. The van der Waals surface area contributed by atoms with E-state index in [9.17, 15) is 60.0 Å². The van der Waals surface area contributed by atoms with Crippen LogP contribution in [0.1, 0.15) is 24.9 Å². The Morgan fingerprint density at radius 3 is 0.711 bits per heavy atom. The Balaban J connectivity index is 0.000000124. The molecule has 8 aromatic rings. The van der Waals surface area contributed by atoms with Gasteiger partial charge in [0.1, 0.15) is 73.2 Å². The van der Waals surface area contributed by atoms with E-state index in [0.717, 1.165) is 0 Å². The van der Waals surface area contributed by atoms with Gasteiger partial charge < -0.3 is 100 Å². The molecule has 8 aromatic heterocycles. The number of imidazole rings is 4. The van der Waals surface area contributed by atoms with Crippen LogP contribution in [-0.2, 0) is 18.9 Å². The highest BCUT2D eigenvalue weighted by Gasteiger charge is 2.47. The Bertz CT molecular complexity index is 3070. The molecule has 4 saturated heterocycles. The van der Waals surface area contributed by atoms with E-state index < -0.39 is 147 Å². The van der Waals surface area contributed by atoms with Gasteiger partial charge in [0.05, 0.1) is 77.0 Å². The Morgan fingerprint density at radius 1 is 0.342 bits per heavy atom. The first-order valence-electron chi connectivity index (χ1n) is 22.6. The number of rotatable bonds is 8. The molecule has 0 bridgehead atoms. The zero-order chi connectivity index (χ0) is 54.3. The Labute approximate surface area is 419 Å². The number of aliphatic hydroxyl groups excluding tert-OH is 12. The molecular formula is C40H48N16O20. The quantitative estimate of drug-likeness (QED) is 0.0672. The number of fused-ring (bicyclic) bond motifs is 4. The number of aliphatic hydroxyl groups is 12. The van der Waals surface area contributed by atoms with Crippen LogP contribution in [0.4, 0.5) is 0 Å². The fourth-order valence-corrected chi connectivity index (χ4v) is 8.64. The molecule has 0 aliphatic carbocycles.